The van der Waals surface area contributed by atoms with Crippen LogP contribution in [-0.2, 0) is 0 Å². The van der Waals surface area contributed by atoms with Crippen molar-refractivity contribution in [3.05, 3.63) is 34.9 Å². The lowest BCUT2D eigenvalue weighted by molar-refractivity contribution is 0.0944. The van der Waals surface area contributed by atoms with Crippen LogP contribution in [0, 0.1) is 19.3 Å². The molecule has 0 aliphatic heterocycles. The van der Waals surface area contributed by atoms with E-state index in [1.165, 1.54) is 0 Å². The maximum absolute atomic E-state index is 12.1. The minimum absolute atomic E-state index is 0.0909. The Morgan fingerprint density at radius 1 is 1.32 bits per heavy atom. The summed E-state index contributed by atoms with van der Waals surface area (Å²) in [5.41, 5.74) is 7.68. The van der Waals surface area contributed by atoms with E-state index in [1.807, 2.05) is 32.0 Å². The van der Waals surface area contributed by atoms with Gasteiger partial charge < -0.3 is 16.3 Å². The number of carbonyl (C=O) groups excluding carboxylic acids is 1. The van der Waals surface area contributed by atoms with Crippen molar-refractivity contribution in [2.45, 2.75) is 27.7 Å². The molecule has 0 fully saturated rings. The summed E-state index contributed by atoms with van der Waals surface area (Å²) in [4.78, 5) is 12.1. The number of aryl methyl sites for hydroxylation is 2. The first-order chi connectivity index (χ1) is 8.76. The van der Waals surface area contributed by atoms with Gasteiger partial charge in [0, 0.05) is 17.5 Å². The highest BCUT2D eigenvalue weighted by Crippen LogP contribution is 2.14. The molecule has 0 aliphatic rings. The Hall–Kier alpha value is -2.04. The lowest BCUT2D eigenvalue weighted by Crippen LogP contribution is -2.42. The van der Waals surface area contributed by atoms with Crippen molar-refractivity contribution in [1.29, 1.82) is 0 Å². The second-order valence-corrected chi connectivity index (χ2v) is 5.43. The van der Waals surface area contributed by atoms with E-state index in [0.717, 1.165) is 11.1 Å². The molecule has 0 bridgehead atoms. The molecule has 0 heterocycles. The molecule has 19 heavy (non-hydrogen) atoms. The van der Waals surface area contributed by atoms with Crippen LogP contribution >= 0.6 is 0 Å². The summed E-state index contributed by atoms with van der Waals surface area (Å²) in [6, 6.07) is 5.68. The van der Waals surface area contributed by atoms with Gasteiger partial charge in [0.15, 0.2) is 0 Å². The molecule has 0 saturated carbocycles. The van der Waals surface area contributed by atoms with Crippen molar-refractivity contribution >= 4 is 11.7 Å². The summed E-state index contributed by atoms with van der Waals surface area (Å²) < 4.78 is 0. The number of amidine groups is 1. The third-order valence-corrected chi connectivity index (χ3v) is 2.98. The van der Waals surface area contributed by atoms with Crippen molar-refractivity contribution < 1.29 is 10.0 Å². The van der Waals surface area contributed by atoms with Crippen molar-refractivity contribution in [2.75, 3.05) is 6.54 Å². The Kier molecular flexibility index (Phi) is 4.53. The van der Waals surface area contributed by atoms with E-state index in [1.54, 1.807) is 13.8 Å². The van der Waals surface area contributed by atoms with Crippen molar-refractivity contribution in [3.63, 3.8) is 0 Å². The Morgan fingerprint density at radius 3 is 2.32 bits per heavy atom. The highest BCUT2D eigenvalue weighted by atomic mass is 16.4. The molecule has 0 atom stereocenters. The molecule has 5 nitrogen and oxygen atoms in total. The molecule has 0 aromatic heterocycles. The molecule has 1 amide bonds. The quantitative estimate of drug-likeness (QED) is 0.335. The SMILES string of the molecule is Cc1cc(C)cc(C(=O)NCC(C)(C)/C(N)=N/O)c1. The number of hydrogen-bond donors (Lipinski definition) is 3. The topological polar surface area (TPSA) is 87.7 Å². The fourth-order valence-electron chi connectivity index (χ4n) is 1.74. The number of hydrogen-bond acceptors (Lipinski definition) is 3. The maximum Gasteiger partial charge on any atom is 0.251 e. The van der Waals surface area contributed by atoms with Gasteiger partial charge in [0.05, 0.1) is 0 Å². The van der Waals surface area contributed by atoms with Crippen LogP contribution in [0.15, 0.2) is 23.4 Å². The van der Waals surface area contributed by atoms with E-state index in [-0.39, 0.29) is 11.7 Å². The second kappa shape index (κ2) is 5.73. The maximum atomic E-state index is 12.1. The van der Waals surface area contributed by atoms with Crippen LogP contribution in [0.3, 0.4) is 0 Å². The number of carbonyl (C=O) groups is 1. The monoisotopic (exact) mass is 263 g/mol. The van der Waals surface area contributed by atoms with Gasteiger partial charge in [-0.3, -0.25) is 4.79 Å². The molecule has 5 heteroatoms. The number of oxime groups is 1. The van der Waals surface area contributed by atoms with Gasteiger partial charge in [0.2, 0.25) is 0 Å². The van der Waals surface area contributed by atoms with Gasteiger partial charge in [0.25, 0.3) is 5.91 Å². The predicted molar refractivity (Wildman–Crippen MR) is 75.4 cm³/mol. The van der Waals surface area contributed by atoms with Crippen LogP contribution < -0.4 is 11.1 Å². The number of nitrogens with two attached hydrogens (primary N) is 1. The minimum Gasteiger partial charge on any atom is -0.409 e. The van der Waals surface area contributed by atoms with Crippen molar-refractivity contribution in [1.82, 2.24) is 5.32 Å². The standard InChI is InChI=1S/C14H21N3O2/c1-9-5-10(2)7-11(6-9)12(18)16-8-14(3,4)13(15)17-19/h5-7,19H,8H2,1-4H3,(H2,15,17)(H,16,18). The van der Waals surface area contributed by atoms with Crippen LogP contribution in [0.25, 0.3) is 0 Å². The zero-order valence-electron chi connectivity index (χ0n) is 11.8. The highest BCUT2D eigenvalue weighted by Gasteiger charge is 2.24. The lowest BCUT2D eigenvalue weighted by atomic mass is 9.92. The molecule has 1 rings (SSSR count). The molecule has 1 aromatic rings. The van der Waals surface area contributed by atoms with E-state index in [0.29, 0.717) is 12.1 Å². The molecule has 0 radical (unpaired) electrons. The second-order valence-electron chi connectivity index (χ2n) is 5.43. The Balaban J connectivity index is 2.76. The number of nitrogens with one attached hydrogen (secondary N) is 1. The van der Waals surface area contributed by atoms with Crippen molar-refractivity contribution in [2.24, 2.45) is 16.3 Å². The van der Waals surface area contributed by atoms with Gasteiger partial charge in [-0.15, -0.1) is 0 Å². The van der Waals surface area contributed by atoms with E-state index >= 15 is 0 Å². The largest absolute Gasteiger partial charge is 0.409 e. The van der Waals surface area contributed by atoms with Gasteiger partial charge in [-0.2, -0.15) is 0 Å². The number of rotatable bonds is 4. The number of amides is 1. The van der Waals surface area contributed by atoms with Crippen LogP contribution in [0.4, 0.5) is 0 Å². The van der Waals surface area contributed by atoms with Gasteiger partial charge in [-0.25, -0.2) is 0 Å². The smallest absolute Gasteiger partial charge is 0.251 e. The molecular weight excluding hydrogens is 242 g/mol. The van der Waals surface area contributed by atoms with Crippen LogP contribution in [0.1, 0.15) is 35.3 Å². The third-order valence-electron chi connectivity index (χ3n) is 2.98. The van der Waals surface area contributed by atoms with E-state index in [4.69, 9.17) is 10.9 Å². The summed E-state index contributed by atoms with van der Waals surface area (Å²) in [7, 11) is 0. The molecule has 0 unspecified atom stereocenters. The zero-order chi connectivity index (χ0) is 14.6. The van der Waals surface area contributed by atoms with Gasteiger partial charge in [0.1, 0.15) is 5.84 Å². The molecule has 0 spiro atoms. The molecular formula is C14H21N3O2. The molecule has 4 N–H and O–H groups in total. The fraction of sp³-hybridized carbons (Fsp3) is 0.429. The Morgan fingerprint density at radius 2 is 1.84 bits per heavy atom. The first-order valence-corrected chi connectivity index (χ1v) is 6.11. The average Bonchev–Trinajstić information content (AvgIpc) is 2.33. The fourth-order valence-corrected chi connectivity index (χ4v) is 1.74. The minimum atomic E-state index is -0.594. The Labute approximate surface area is 113 Å². The number of benzene rings is 1. The predicted octanol–water partition coefficient (Wildman–Crippen LogP) is 1.81. The average molecular weight is 263 g/mol. The molecule has 1 aromatic carbocycles. The summed E-state index contributed by atoms with van der Waals surface area (Å²) in [5.74, 6) is -0.0705. The van der Waals surface area contributed by atoms with Crippen LogP contribution in [0.2, 0.25) is 0 Å². The highest BCUT2D eigenvalue weighted by molar-refractivity contribution is 5.95. The molecule has 104 valence electrons. The van der Waals surface area contributed by atoms with Crippen molar-refractivity contribution in [3.8, 4) is 0 Å². The van der Waals surface area contributed by atoms with Gasteiger partial charge in [-0.1, -0.05) is 36.2 Å². The van der Waals surface area contributed by atoms with E-state index < -0.39 is 5.41 Å². The van der Waals surface area contributed by atoms with Gasteiger partial charge >= 0.3 is 0 Å². The van der Waals surface area contributed by atoms with Gasteiger partial charge in [-0.05, 0) is 26.0 Å². The Bertz CT molecular complexity index is 487. The zero-order valence-corrected chi connectivity index (χ0v) is 11.8. The lowest BCUT2D eigenvalue weighted by Gasteiger charge is -2.23. The van der Waals surface area contributed by atoms with E-state index in [2.05, 4.69) is 10.5 Å². The molecule has 0 aliphatic carbocycles. The number of nitrogens with zero attached hydrogens (tertiary/aromatic N) is 1. The third kappa shape index (κ3) is 3.98. The summed E-state index contributed by atoms with van der Waals surface area (Å²) in [5, 5.41) is 14.5. The van der Waals surface area contributed by atoms with E-state index in [9.17, 15) is 4.79 Å². The summed E-state index contributed by atoms with van der Waals surface area (Å²) in [6.07, 6.45) is 0. The first-order valence-electron chi connectivity index (χ1n) is 6.11. The first kappa shape index (κ1) is 15.0. The van der Waals surface area contributed by atoms with Crippen LogP contribution in [0.5, 0.6) is 0 Å². The van der Waals surface area contributed by atoms with Crippen LogP contribution in [-0.4, -0.2) is 23.5 Å². The molecule has 0 saturated heterocycles. The summed E-state index contributed by atoms with van der Waals surface area (Å²) >= 11 is 0. The summed E-state index contributed by atoms with van der Waals surface area (Å²) in [6.45, 7) is 7.79. The normalized spacial score (nSPS) is 12.3.